The van der Waals surface area contributed by atoms with E-state index in [0.717, 1.165) is 12.1 Å². The number of nitrogens with zero attached hydrogens (tertiary/aromatic N) is 1. The van der Waals surface area contributed by atoms with Gasteiger partial charge in [0.15, 0.2) is 0 Å². The van der Waals surface area contributed by atoms with Gasteiger partial charge in [-0.2, -0.15) is 0 Å². The molecule has 0 bridgehead atoms. The van der Waals surface area contributed by atoms with E-state index in [-0.39, 0.29) is 0 Å². The highest BCUT2D eigenvalue weighted by atomic mass is 15.2. The molecule has 2 heterocycles. The molecule has 2 N–H and O–H groups in total. The number of nitrogens with one attached hydrogen (secondary N) is 2. The maximum atomic E-state index is 3.73. The van der Waals surface area contributed by atoms with Crippen molar-refractivity contribution in [2.75, 3.05) is 32.7 Å². The minimum atomic E-state index is 0.762. The van der Waals surface area contributed by atoms with E-state index >= 15 is 0 Å². The first kappa shape index (κ1) is 10.4. The maximum Gasteiger partial charge on any atom is 0.0319 e. The standard InChI is InChI=1S/C11H23N3/c1-2-5-14-6-3-10(4-7-14)13-11-8-12-9-11/h10-13H,2-9H2,1H3. The molecule has 2 saturated heterocycles. The monoisotopic (exact) mass is 197 g/mol. The summed E-state index contributed by atoms with van der Waals surface area (Å²) in [4.78, 5) is 2.59. The van der Waals surface area contributed by atoms with Gasteiger partial charge in [0.1, 0.15) is 0 Å². The molecule has 0 aromatic carbocycles. The van der Waals surface area contributed by atoms with E-state index in [1.165, 1.54) is 52.0 Å². The second kappa shape index (κ2) is 5.10. The van der Waals surface area contributed by atoms with Crippen LogP contribution in [0.25, 0.3) is 0 Å². The Morgan fingerprint density at radius 2 is 1.93 bits per heavy atom. The summed E-state index contributed by atoms with van der Waals surface area (Å²) in [6.07, 6.45) is 3.98. The molecule has 0 spiro atoms. The lowest BCUT2D eigenvalue weighted by molar-refractivity contribution is 0.182. The van der Waals surface area contributed by atoms with E-state index < -0.39 is 0 Å². The first-order chi connectivity index (χ1) is 6.88. The van der Waals surface area contributed by atoms with Gasteiger partial charge in [-0.25, -0.2) is 0 Å². The van der Waals surface area contributed by atoms with Crippen LogP contribution in [0.15, 0.2) is 0 Å². The van der Waals surface area contributed by atoms with Crippen LogP contribution in [0.4, 0.5) is 0 Å². The molecule has 82 valence electrons. The van der Waals surface area contributed by atoms with Gasteiger partial charge in [0, 0.05) is 25.2 Å². The molecule has 3 heteroatoms. The third-order valence-electron chi connectivity index (χ3n) is 3.38. The largest absolute Gasteiger partial charge is 0.314 e. The molecule has 0 aliphatic carbocycles. The molecule has 0 aromatic rings. The third-order valence-corrected chi connectivity index (χ3v) is 3.38. The molecule has 0 unspecified atom stereocenters. The molecule has 0 amide bonds. The molecule has 3 nitrogen and oxygen atoms in total. The lowest BCUT2D eigenvalue weighted by atomic mass is 10.0. The SMILES string of the molecule is CCCN1CCC(NC2CNC2)CC1. The minimum Gasteiger partial charge on any atom is -0.314 e. The number of rotatable bonds is 4. The summed E-state index contributed by atoms with van der Waals surface area (Å²) in [5.74, 6) is 0. The van der Waals surface area contributed by atoms with Gasteiger partial charge >= 0.3 is 0 Å². The van der Waals surface area contributed by atoms with Crippen LogP contribution in [-0.2, 0) is 0 Å². The highest BCUT2D eigenvalue weighted by molar-refractivity contribution is 4.87. The van der Waals surface area contributed by atoms with Crippen LogP contribution in [0.3, 0.4) is 0 Å². The zero-order valence-electron chi connectivity index (χ0n) is 9.26. The Morgan fingerprint density at radius 1 is 1.21 bits per heavy atom. The fourth-order valence-corrected chi connectivity index (χ4v) is 2.38. The molecule has 0 radical (unpaired) electrons. The van der Waals surface area contributed by atoms with Gasteiger partial charge in [0.2, 0.25) is 0 Å². The summed E-state index contributed by atoms with van der Waals surface area (Å²) in [5, 5.41) is 7.04. The van der Waals surface area contributed by atoms with Crippen LogP contribution in [0.1, 0.15) is 26.2 Å². The summed E-state index contributed by atoms with van der Waals surface area (Å²) in [6.45, 7) is 8.50. The van der Waals surface area contributed by atoms with Crippen LogP contribution < -0.4 is 10.6 Å². The van der Waals surface area contributed by atoms with Crippen molar-refractivity contribution in [2.24, 2.45) is 0 Å². The summed E-state index contributed by atoms with van der Waals surface area (Å²) >= 11 is 0. The van der Waals surface area contributed by atoms with Crippen LogP contribution >= 0.6 is 0 Å². The molecular formula is C11H23N3. The average molecular weight is 197 g/mol. The van der Waals surface area contributed by atoms with Gasteiger partial charge in [0.25, 0.3) is 0 Å². The Hall–Kier alpha value is -0.120. The van der Waals surface area contributed by atoms with E-state index in [0.29, 0.717) is 0 Å². The second-order valence-corrected chi connectivity index (χ2v) is 4.64. The molecule has 0 atom stereocenters. The van der Waals surface area contributed by atoms with Crippen molar-refractivity contribution in [3.05, 3.63) is 0 Å². The molecule has 2 aliphatic heterocycles. The summed E-state index contributed by atoms with van der Waals surface area (Å²) in [7, 11) is 0. The smallest absolute Gasteiger partial charge is 0.0319 e. The minimum absolute atomic E-state index is 0.762. The Morgan fingerprint density at radius 3 is 2.43 bits per heavy atom. The number of hydrogen-bond acceptors (Lipinski definition) is 3. The summed E-state index contributed by atoms with van der Waals surface area (Å²) in [5.41, 5.74) is 0. The molecule has 0 aromatic heterocycles. The first-order valence-corrected chi connectivity index (χ1v) is 6.07. The Bertz CT molecular complexity index is 160. The second-order valence-electron chi connectivity index (χ2n) is 4.64. The van der Waals surface area contributed by atoms with E-state index in [9.17, 15) is 0 Å². The van der Waals surface area contributed by atoms with Crippen molar-refractivity contribution in [3.63, 3.8) is 0 Å². The zero-order chi connectivity index (χ0) is 9.80. The molecule has 0 saturated carbocycles. The predicted octanol–water partition coefficient (Wildman–Crippen LogP) is 0.422. The molecule has 2 aliphatic rings. The number of likely N-dealkylation sites (tertiary alicyclic amines) is 1. The van der Waals surface area contributed by atoms with Crippen molar-refractivity contribution in [1.82, 2.24) is 15.5 Å². The fraction of sp³-hybridized carbons (Fsp3) is 1.00. The highest BCUT2D eigenvalue weighted by Gasteiger charge is 2.23. The van der Waals surface area contributed by atoms with Crippen molar-refractivity contribution in [2.45, 2.75) is 38.3 Å². The van der Waals surface area contributed by atoms with Gasteiger partial charge in [0.05, 0.1) is 0 Å². The van der Waals surface area contributed by atoms with E-state index in [1.54, 1.807) is 0 Å². The van der Waals surface area contributed by atoms with Crippen LogP contribution in [0, 0.1) is 0 Å². The van der Waals surface area contributed by atoms with Gasteiger partial charge in [-0.1, -0.05) is 6.92 Å². The molecule has 2 rings (SSSR count). The zero-order valence-corrected chi connectivity index (χ0v) is 9.26. The lowest BCUT2D eigenvalue weighted by Gasteiger charge is -2.37. The predicted molar refractivity (Wildman–Crippen MR) is 59.5 cm³/mol. The van der Waals surface area contributed by atoms with E-state index in [2.05, 4.69) is 22.5 Å². The molecular weight excluding hydrogens is 174 g/mol. The number of hydrogen-bond donors (Lipinski definition) is 2. The summed E-state index contributed by atoms with van der Waals surface area (Å²) < 4.78 is 0. The van der Waals surface area contributed by atoms with Crippen molar-refractivity contribution in [1.29, 1.82) is 0 Å². The van der Waals surface area contributed by atoms with Gasteiger partial charge in [-0.3, -0.25) is 0 Å². The molecule has 14 heavy (non-hydrogen) atoms. The topological polar surface area (TPSA) is 27.3 Å². The van der Waals surface area contributed by atoms with Crippen molar-refractivity contribution >= 4 is 0 Å². The van der Waals surface area contributed by atoms with E-state index in [4.69, 9.17) is 0 Å². The Labute approximate surface area is 87.2 Å². The Kier molecular flexibility index (Phi) is 3.79. The maximum absolute atomic E-state index is 3.73. The van der Waals surface area contributed by atoms with Gasteiger partial charge in [-0.15, -0.1) is 0 Å². The lowest BCUT2D eigenvalue weighted by Crippen LogP contribution is -2.59. The van der Waals surface area contributed by atoms with Gasteiger partial charge in [-0.05, 0) is 38.9 Å². The van der Waals surface area contributed by atoms with Crippen LogP contribution in [0.2, 0.25) is 0 Å². The van der Waals surface area contributed by atoms with Crippen molar-refractivity contribution in [3.8, 4) is 0 Å². The highest BCUT2D eigenvalue weighted by Crippen LogP contribution is 2.11. The van der Waals surface area contributed by atoms with Crippen LogP contribution in [-0.4, -0.2) is 49.7 Å². The van der Waals surface area contributed by atoms with Gasteiger partial charge < -0.3 is 15.5 Å². The average Bonchev–Trinajstić information content (AvgIpc) is 2.14. The van der Waals surface area contributed by atoms with Crippen LogP contribution in [0.5, 0.6) is 0 Å². The van der Waals surface area contributed by atoms with E-state index in [1.807, 2.05) is 0 Å². The quantitative estimate of drug-likeness (QED) is 0.684. The first-order valence-electron chi connectivity index (χ1n) is 6.07. The normalized spacial score (nSPS) is 26.4. The van der Waals surface area contributed by atoms with Crippen molar-refractivity contribution < 1.29 is 0 Å². The Balaban J connectivity index is 1.62. The third kappa shape index (κ3) is 2.69. The molecule has 2 fully saturated rings. The fourth-order valence-electron chi connectivity index (χ4n) is 2.38. The number of piperidine rings is 1. The summed E-state index contributed by atoms with van der Waals surface area (Å²) in [6, 6.07) is 1.55.